The number of hydrogen-bond donors (Lipinski definition) is 1. The van der Waals surface area contributed by atoms with Gasteiger partial charge in [0.05, 0.1) is 19.3 Å². The van der Waals surface area contributed by atoms with E-state index in [0.29, 0.717) is 31.9 Å². The van der Waals surface area contributed by atoms with Gasteiger partial charge in [0.1, 0.15) is 0 Å². The highest BCUT2D eigenvalue weighted by atomic mass is 16.5. The second-order valence-electron chi connectivity index (χ2n) is 4.70. The molecule has 1 amide bonds. The van der Waals surface area contributed by atoms with Crippen molar-refractivity contribution in [3.63, 3.8) is 0 Å². The van der Waals surface area contributed by atoms with Gasteiger partial charge in [-0.25, -0.2) is 0 Å². The van der Waals surface area contributed by atoms with Gasteiger partial charge in [-0.2, -0.15) is 0 Å². The van der Waals surface area contributed by atoms with Crippen LogP contribution in [0.15, 0.2) is 24.3 Å². The van der Waals surface area contributed by atoms with Crippen molar-refractivity contribution in [3.8, 4) is 0 Å². The minimum absolute atomic E-state index is 0.0100. The molecule has 0 heterocycles. The Balaban J connectivity index is 2.90. The Morgan fingerprint density at radius 2 is 2.10 bits per heavy atom. The van der Waals surface area contributed by atoms with Crippen molar-refractivity contribution >= 4 is 5.91 Å². The molecule has 20 heavy (non-hydrogen) atoms. The molecule has 0 saturated heterocycles. The quantitative estimate of drug-likeness (QED) is 0.779. The molecule has 5 nitrogen and oxygen atoms in total. The van der Waals surface area contributed by atoms with Crippen molar-refractivity contribution in [2.45, 2.75) is 19.5 Å². The largest absolute Gasteiger partial charge is 0.383 e. The van der Waals surface area contributed by atoms with Crippen LogP contribution in [0.1, 0.15) is 22.8 Å². The number of nitrogens with zero attached hydrogens (tertiary/aromatic N) is 1. The van der Waals surface area contributed by atoms with Crippen LogP contribution in [0.4, 0.5) is 0 Å². The number of hydrogen-bond acceptors (Lipinski definition) is 4. The molecule has 1 atom stereocenters. The molecule has 5 heteroatoms. The number of rotatable bonds is 8. The lowest BCUT2D eigenvalue weighted by atomic mass is 10.1. The van der Waals surface area contributed by atoms with E-state index < -0.39 is 0 Å². The van der Waals surface area contributed by atoms with Crippen LogP contribution < -0.4 is 5.73 Å². The van der Waals surface area contributed by atoms with Gasteiger partial charge in [0.15, 0.2) is 0 Å². The van der Waals surface area contributed by atoms with Crippen molar-refractivity contribution in [1.29, 1.82) is 0 Å². The lowest BCUT2D eigenvalue weighted by Crippen LogP contribution is -2.43. The van der Waals surface area contributed by atoms with E-state index in [1.807, 2.05) is 25.1 Å². The molecule has 0 radical (unpaired) electrons. The van der Waals surface area contributed by atoms with Crippen LogP contribution in [0.25, 0.3) is 0 Å². The fraction of sp³-hybridized carbons (Fsp3) is 0.533. The summed E-state index contributed by atoms with van der Waals surface area (Å²) in [6.45, 7) is 3.91. The third kappa shape index (κ3) is 4.59. The van der Waals surface area contributed by atoms with Gasteiger partial charge >= 0.3 is 0 Å². The third-order valence-electron chi connectivity index (χ3n) is 3.15. The van der Waals surface area contributed by atoms with Crippen molar-refractivity contribution < 1.29 is 14.3 Å². The predicted octanol–water partition coefficient (Wildman–Crippen LogP) is 1.27. The fourth-order valence-electron chi connectivity index (χ4n) is 2.04. The van der Waals surface area contributed by atoms with Crippen LogP contribution in [0.5, 0.6) is 0 Å². The Hall–Kier alpha value is -1.43. The van der Waals surface area contributed by atoms with Crippen LogP contribution in [0.2, 0.25) is 0 Å². The summed E-state index contributed by atoms with van der Waals surface area (Å²) >= 11 is 0. The first kappa shape index (κ1) is 16.6. The van der Waals surface area contributed by atoms with Crippen LogP contribution in [-0.2, 0) is 16.0 Å². The predicted molar refractivity (Wildman–Crippen MR) is 78.6 cm³/mol. The van der Waals surface area contributed by atoms with E-state index in [9.17, 15) is 4.79 Å². The van der Waals surface area contributed by atoms with E-state index in [2.05, 4.69) is 0 Å². The number of benzene rings is 1. The molecule has 0 aromatic heterocycles. The maximum Gasteiger partial charge on any atom is 0.254 e. The summed E-state index contributed by atoms with van der Waals surface area (Å²) in [7, 11) is 3.25. The summed E-state index contributed by atoms with van der Waals surface area (Å²) in [6.07, 6.45) is 0. The van der Waals surface area contributed by atoms with Gasteiger partial charge < -0.3 is 20.1 Å². The second kappa shape index (κ2) is 8.68. The number of ether oxygens (including phenoxy) is 2. The van der Waals surface area contributed by atoms with Crippen molar-refractivity contribution in [2.24, 2.45) is 5.73 Å². The highest BCUT2D eigenvalue weighted by Crippen LogP contribution is 2.11. The third-order valence-corrected chi connectivity index (χ3v) is 3.15. The number of nitrogens with two attached hydrogens (primary N) is 1. The molecule has 0 fully saturated rings. The standard InChI is InChI=1S/C15H24N2O3/c1-12(11-20-3)17(7-8-19-2)15(18)14-6-4-5-13(9-14)10-16/h4-6,9,12H,7-8,10-11,16H2,1-3H3. The van der Waals surface area contributed by atoms with E-state index in [1.54, 1.807) is 25.2 Å². The molecular weight excluding hydrogens is 256 g/mol. The first-order valence-electron chi connectivity index (χ1n) is 6.71. The minimum atomic E-state index is -0.0260. The minimum Gasteiger partial charge on any atom is -0.383 e. The number of amides is 1. The molecule has 0 spiro atoms. The van der Waals surface area contributed by atoms with Crippen molar-refractivity contribution in [3.05, 3.63) is 35.4 Å². The molecule has 0 aliphatic rings. The maximum atomic E-state index is 12.6. The van der Waals surface area contributed by atoms with Gasteiger partial charge in [0.2, 0.25) is 0 Å². The molecule has 2 N–H and O–H groups in total. The summed E-state index contributed by atoms with van der Waals surface area (Å²) in [4.78, 5) is 14.4. The van der Waals surface area contributed by atoms with Gasteiger partial charge in [-0.1, -0.05) is 12.1 Å². The number of carbonyl (C=O) groups excluding carboxylic acids is 1. The van der Waals surface area contributed by atoms with E-state index in [4.69, 9.17) is 15.2 Å². The van der Waals surface area contributed by atoms with E-state index in [-0.39, 0.29) is 11.9 Å². The Labute approximate surface area is 120 Å². The summed E-state index contributed by atoms with van der Waals surface area (Å²) < 4.78 is 10.2. The number of methoxy groups -OCH3 is 2. The first-order valence-corrected chi connectivity index (χ1v) is 6.71. The number of carbonyl (C=O) groups is 1. The van der Waals surface area contributed by atoms with Crippen LogP contribution in [0, 0.1) is 0 Å². The molecule has 1 aromatic rings. The Bertz CT molecular complexity index is 423. The Morgan fingerprint density at radius 1 is 1.35 bits per heavy atom. The zero-order valence-electron chi connectivity index (χ0n) is 12.5. The highest BCUT2D eigenvalue weighted by molar-refractivity contribution is 5.94. The normalized spacial score (nSPS) is 12.2. The molecule has 112 valence electrons. The van der Waals surface area contributed by atoms with Crippen molar-refractivity contribution in [1.82, 2.24) is 4.90 Å². The monoisotopic (exact) mass is 280 g/mol. The molecule has 0 aliphatic heterocycles. The topological polar surface area (TPSA) is 64.8 Å². The zero-order chi connectivity index (χ0) is 15.0. The summed E-state index contributed by atoms with van der Waals surface area (Å²) in [5.74, 6) is -0.0260. The highest BCUT2D eigenvalue weighted by Gasteiger charge is 2.21. The van der Waals surface area contributed by atoms with Crippen molar-refractivity contribution in [2.75, 3.05) is 34.0 Å². The zero-order valence-corrected chi connectivity index (χ0v) is 12.5. The SMILES string of the molecule is COCCN(C(=O)c1cccc(CN)c1)C(C)COC. The van der Waals surface area contributed by atoms with Crippen LogP contribution in [-0.4, -0.2) is 50.8 Å². The molecule has 1 aromatic carbocycles. The Kier molecular flexibility index (Phi) is 7.22. The van der Waals surface area contributed by atoms with E-state index in [0.717, 1.165) is 5.56 Å². The van der Waals surface area contributed by atoms with Gasteiger partial charge in [0.25, 0.3) is 5.91 Å². The summed E-state index contributed by atoms with van der Waals surface area (Å²) in [6, 6.07) is 7.39. The smallest absolute Gasteiger partial charge is 0.254 e. The lowest BCUT2D eigenvalue weighted by molar-refractivity contribution is 0.0479. The van der Waals surface area contributed by atoms with Crippen LogP contribution in [0.3, 0.4) is 0 Å². The Morgan fingerprint density at radius 3 is 2.70 bits per heavy atom. The second-order valence-corrected chi connectivity index (χ2v) is 4.70. The van der Waals surface area contributed by atoms with E-state index >= 15 is 0 Å². The fourth-order valence-corrected chi connectivity index (χ4v) is 2.04. The van der Waals surface area contributed by atoms with Gasteiger partial charge in [-0.05, 0) is 24.6 Å². The molecule has 0 aliphatic carbocycles. The average molecular weight is 280 g/mol. The lowest BCUT2D eigenvalue weighted by Gasteiger charge is -2.28. The van der Waals surface area contributed by atoms with Gasteiger partial charge in [-0.15, -0.1) is 0 Å². The summed E-state index contributed by atoms with van der Waals surface area (Å²) in [5.41, 5.74) is 7.21. The van der Waals surface area contributed by atoms with Gasteiger partial charge in [-0.3, -0.25) is 4.79 Å². The molecule has 1 unspecified atom stereocenters. The molecule has 1 rings (SSSR count). The average Bonchev–Trinajstić information content (AvgIpc) is 2.47. The molecule has 0 saturated carbocycles. The first-order chi connectivity index (χ1) is 9.63. The van der Waals surface area contributed by atoms with Gasteiger partial charge in [0, 0.05) is 32.9 Å². The van der Waals surface area contributed by atoms with E-state index in [1.165, 1.54) is 0 Å². The maximum absolute atomic E-state index is 12.6. The molecule has 0 bridgehead atoms. The van der Waals surface area contributed by atoms with Crippen LogP contribution >= 0.6 is 0 Å². The molecular formula is C15H24N2O3. The summed E-state index contributed by atoms with van der Waals surface area (Å²) in [5, 5.41) is 0.